The number of ether oxygens (including phenoxy) is 2. The molecule has 0 aromatic heterocycles. The Hall–Kier alpha value is -0.120. The molecule has 1 fully saturated rings. The van der Waals surface area contributed by atoms with Gasteiger partial charge in [0.05, 0.1) is 18.2 Å². The number of nitrogens with two attached hydrogens (primary N) is 1. The Morgan fingerprint density at radius 3 is 2.46 bits per heavy atom. The SMILES string of the molecule is CCOC1(C(N)COC)CCCC1. The van der Waals surface area contributed by atoms with E-state index in [0.717, 1.165) is 19.4 Å². The van der Waals surface area contributed by atoms with Crippen LogP contribution in [-0.4, -0.2) is 32.0 Å². The zero-order chi connectivity index (χ0) is 9.73. The van der Waals surface area contributed by atoms with Crippen molar-refractivity contribution in [1.82, 2.24) is 0 Å². The van der Waals surface area contributed by atoms with Crippen molar-refractivity contribution in [3.63, 3.8) is 0 Å². The standard InChI is InChI=1S/C10H21NO2/c1-3-13-10(6-4-5-7-10)9(11)8-12-2/h9H,3-8,11H2,1-2H3. The fourth-order valence-electron chi connectivity index (χ4n) is 2.21. The van der Waals surface area contributed by atoms with E-state index in [1.807, 2.05) is 6.92 Å². The van der Waals surface area contributed by atoms with Crippen molar-refractivity contribution in [3.8, 4) is 0 Å². The van der Waals surface area contributed by atoms with Crippen LogP contribution >= 0.6 is 0 Å². The van der Waals surface area contributed by atoms with E-state index in [1.54, 1.807) is 7.11 Å². The number of hydrogen-bond donors (Lipinski definition) is 1. The molecule has 0 aromatic rings. The Morgan fingerprint density at radius 1 is 1.38 bits per heavy atom. The molecule has 0 aromatic carbocycles. The normalized spacial score (nSPS) is 23.3. The topological polar surface area (TPSA) is 44.5 Å². The minimum Gasteiger partial charge on any atom is -0.383 e. The van der Waals surface area contributed by atoms with Crippen molar-refractivity contribution in [3.05, 3.63) is 0 Å². The van der Waals surface area contributed by atoms with E-state index in [4.69, 9.17) is 15.2 Å². The lowest BCUT2D eigenvalue weighted by Crippen LogP contribution is -2.50. The van der Waals surface area contributed by atoms with E-state index in [0.29, 0.717) is 6.61 Å². The van der Waals surface area contributed by atoms with Crippen LogP contribution < -0.4 is 5.73 Å². The lowest BCUT2D eigenvalue weighted by atomic mass is 9.93. The highest BCUT2D eigenvalue weighted by atomic mass is 16.5. The van der Waals surface area contributed by atoms with Gasteiger partial charge in [-0.25, -0.2) is 0 Å². The lowest BCUT2D eigenvalue weighted by molar-refractivity contribution is -0.0666. The molecule has 0 saturated heterocycles. The first-order chi connectivity index (χ1) is 6.25. The summed E-state index contributed by atoms with van der Waals surface area (Å²) in [7, 11) is 1.69. The van der Waals surface area contributed by atoms with Crippen LogP contribution in [0.5, 0.6) is 0 Å². The van der Waals surface area contributed by atoms with Gasteiger partial charge in [0.1, 0.15) is 0 Å². The molecule has 0 amide bonds. The van der Waals surface area contributed by atoms with Gasteiger partial charge in [-0.15, -0.1) is 0 Å². The molecule has 0 bridgehead atoms. The first-order valence-corrected chi connectivity index (χ1v) is 5.13. The molecule has 3 heteroatoms. The van der Waals surface area contributed by atoms with Gasteiger partial charge in [-0.1, -0.05) is 12.8 Å². The zero-order valence-corrected chi connectivity index (χ0v) is 8.71. The monoisotopic (exact) mass is 187 g/mol. The van der Waals surface area contributed by atoms with Crippen molar-refractivity contribution in [2.24, 2.45) is 5.73 Å². The van der Waals surface area contributed by atoms with Gasteiger partial charge in [0.25, 0.3) is 0 Å². The minimum absolute atomic E-state index is 0.0277. The van der Waals surface area contributed by atoms with Crippen LogP contribution in [0, 0.1) is 0 Å². The second kappa shape index (κ2) is 4.94. The van der Waals surface area contributed by atoms with Crippen LogP contribution in [0.3, 0.4) is 0 Å². The second-order valence-electron chi connectivity index (χ2n) is 3.77. The van der Waals surface area contributed by atoms with Crippen LogP contribution in [0.1, 0.15) is 32.6 Å². The molecule has 0 heterocycles. The summed E-state index contributed by atoms with van der Waals surface area (Å²) in [5, 5.41) is 0. The molecule has 0 spiro atoms. The van der Waals surface area contributed by atoms with Crippen LogP contribution in [0.25, 0.3) is 0 Å². The second-order valence-corrected chi connectivity index (χ2v) is 3.77. The van der Waals surface area contributed by atoms with E-state index in [-0.39, 0.29) is 11.6 Å². The highest BCUT2D eigenvalue weighted by Crippen LogP contribution is 2.35. The molecule has 0 aliphatic heterocycles. The molecule has 1 saturated carbocycles. The molecular formula is C10H21NO2. The predicted octanol–water partition coefficient (Wildman–Crippen LogP) is 1.31. The van der Waals surface area contributed by atoms with Crippen molar-refractivity contribution in [2.75, 3.05) is 20.3 Å². The number of methoxy groups -OCH3 is 1. The molecular weight excluding hydrogens is 166 g/mol. The molecule has 78 valence electrons. The Morgan fingerprint density at radius 2 is 2.00 bits per heavy atom. The Labute approximate surface area is 80.6 Å². The molecule has 1 rings (SSSR count). The summed E-state index contributed by atoms with van der Waals surface area (Å²) in [6, 6.07) is 0.0277. The molecule has 1 aliphatic carbocycles. The summed E-state index contributed by atoms with van der Waals surface area (Å²) in [4.78, 5) is 0. The average molecular weight is 187 g/mol. The fraction of sp³-hybridized carbons (Fsp3) is 1.00. The predicted molar refractivity (Wildman–Crippen MR) is 52.7 cm³/mol. The smallest absolute Gasteiger partial charge is 0.0855 e. The quantitative estimate of drug-likeness (QED) is 0.705. The maximum absolute atomic E-state index is 6.06. The molecule has 1 unspecified atom stereocenters. The van der Waals surface area contributed by atoms with Crippen LogP contribution in [0.4, 0.5) is 0 Å². The lowest BCUT2D eigenvalue weighted by Gasteiger charge is -2.34. The first kappa shape index (κ1) is 11.0. The fourth-order valence-corrected chi connectivity index (χ4v) is 2.21. The van der Waals surface area contributed by atoms with Crippen LogP contribution in [0.15, 0.2) is 0 Å². The van der Waals surface area contributed by atoms with Crippen molar-refractivity contribution in [1.29, 1.82) is 0 Å². The summed E-state index contributed by atoms with van der Waals surface area (Å²) < 4.78 is 10.9. The Bertz CT molecular complexity index is 144. The molecule has 13 heavy (non-hydrogen) atoms. The third-order valence-corrected chi connectivity index (χ3v) is 2.90. The molecule has 3 nitrogen and oxygen atoms in total. The van der Waals surface area contributed by atoms with E-state index in [9.17, 15) is 0 Å². The highest BCUT2D eigenvalue weighted by Gasteiger charge is 2.40. The van der Waals surface area contributed by atoms with Gasteiger partial charge in [-0.2, -0.15) is 0 Å². The van der Waals surface area contributed by atoms with Crippen molar-refractivity contribution < 1.29 is 9.47 Å². The minimum atomic E-state index is -0.0925. The third kappa shape index (κ3) is 2.42. The number of rotatable bonds is 5. The van der Waals surface area contributed by atoms with Gasteiger partial charge in [0.15, 0.2) is 0 Å². The van der Waals surface area contributed by atoms with E-state index in [1.165, 1.54) is 12.8 Å². The number of hydrogen-bond acceptors (Lipinski definition) is 3. The summed E-state index contributed by atoms with van der Waals surface area (Å²) >= 11 is 0. The van der Waals surface area contributed by atoms with E-state index < -0.39 is 0 Å². The molecule has 2 N–H and O–H groups in total. The first-order valence-electron chi connectivity index (χ1n) is 5.13. The van der Waals surface area contributed by atoms with Gasteiger partial charge in [0.2, 0.25) is 0 Å². The maximum Gasteiger partial charge on any atom is 0.0855 e. The van der Waals surface area contributed by atoms with Gasteiger partial charge >= 0.3 is 0 Å². The Balaban J connectivity index is 2.54. The van der Waals surface area contributed by atoms with Crippen LogP contribution in [-0.2, 0) is 9.47 Å². The summed E-state index contributed by atoms with van der Waals surface area (Å²) in [5.74, 6) is 0. The highest BCUT2D eigenvalue weighted by molar-refractivity contribution is 4.95. The van der Waals surface area contributed by atoms with Gasteiger partial charge < -0.3 is 15.2 Å². The van der Waals surface area contributed by atoms with Crippen LogP contribution in [0.2, 0.25) is 0 Å². The van der Waals surface area contributed by atoms with Gasteiger partial charge in [-0.3, -0.25) is 0 Å². The largest absolute Gasteiger partial charge is 0.383 e. The zero-order valence-electron chi connectivity index (χ0n) is 8.71. The summed E-state index contributed by atoms with van der Waals surface area (Å²) in [6.07, 6.45) is 4.64. The van der Waals surface area contributed by atoms with Gasteiger partial charge in [-0.05, 0) is 19.8 Å². The van der Waals surface area contributed by atoms with Crippen molar-refractivity contribution >= 4 is 0 Å². The molecule has 0 radical (unpaired) electrons. The molecule has 1 atom stereocenters. The average Bonchev–Trinajstić information content (AvgIpc) is 2.55. The van der Waals surface area contributed by atoms with E-state index in [2.05, 4.69) is 0 Å². The summed E-state index contributed by atoms with van der Waals surface area (Å²) in [5.41, 5.74) is 5.97. The van der Waals surface area contributed by atoms with E-state index >= 15 is 0 Å². The van der Waals surface area contributed by atoms with Gasteiger partial charge in [0, 0.05) is 13.7 Å². The maximum atomic E-state index is 6.06. The summed E-state index contributed by atoms with van der Waals surface area (Å²) in [6.45, 7) is 3.37. The third-order valence-electron chi connectivity index (χ3n) is 2.90. The van der Waals surface area contributed by atoms with Crippen molar-refractivity contribution in [2.45, 2.75) is 44.2 Å². The molecule has 1 aliphatic rings. The Kier molecular flexibility index (Phi) is 4.16.